The van der Waals surface area contributed by atoms with Crippen LogP contribution in [0.1, 0.15) is 44.6 Å². The average molecular weight is 460 g/mol. The molecule has 1 saturated carbocycles. The molecule has 4 nitrogen and oxygen atoms in total. The lowest BCUT2D eigenvalue weighted by atomic mass is 9.87. The Kier molecular flexibility index (Phi) is 6.44. The Morgan fingerprint density at radius 3 is 2.09 bits per heavy atom. The molecular formula is C22H22F6N2O2. The van der Waals surface area contributed by atoms with E-state index >= 15 is 0 Å². The monoisotopic (exact) mass is 460 g/mol. The topological polar surface area (TPSA) is 58.2 Å². The van der Waals surface area contributed by atoms with Crippen molar-refractivity contribution in [1.82, 2.24) is 0 Å². The summed E-state index contributed by atoms with van der Waals surface area (Å²) in [5, 5.41) is 5.36. The fraction of sp³-hybridized carbons (Fsp3) is 0.455. The van der Waals surface area contributed by atoms with Crippen LogP contribution >= 0.6 is 0 Å². The number of alkyl halides is 5. The number of anilines is 2. The van der Waals surface area contributed by atoms with E-state index in [1.54, 1.807) is 13.8 Å². The number of carbonyl (C=O) groups is 2. The van der Waals surface area contributed by atoms with Crippen molar-refractivity contribution >= 4 is 23.2 Å². The van der Waals surface area contributed by atoms with Gasteiger partial charge in [-0.2, -0.15) is 22.0 Å². The van der Waals surface area contributed by atoms with Gasteiger partial charge in [-0.25, -0.2) is 4.39 Å². The van der Waals surface area contributed by atoms with Crippen LogP contribution in [0.3, 0.4) is 0 Å². The number of hydrogen-bond acceptors (Lipinski definition) is 2. The molecule has 0 saturated heterocycles. The molecule has 2 amide bonds. The first kappa shape index (κ1) is 23.9. The van der Waals surface area contributed by atoms with E-state index in [0.717, 1.165) is 12.8 Å². The molecule has 0 bridgehead atoms. The van der Waals surface area contributed by atoms with E-state index in [1.807, 2.05) is 0 Å². The summed E-state index contributed by atoms with van der Waals surface area (Å²) >= 11 is 0. The SMILES string of the molecule is CC(C)C(=O)Nc1cc(NC(=O)C2CC2)cc(C2C=C(F)C(C(F)(F)C(F)(F)F)=CC2)c1. The van der Waals surface area contributed by atoms with Gasteiger partial charge in [0.25, 0.3) is 0 Å². The van der Waals surface area contributed by atoms with Crippen LogP contribution in [-0.2, 0) is 9.59 Å². The van der Waals surface area contributed by atoms with Crippen molar-refractivity contribution < 1.29 is 35.9 Å². The molecule has 2 aliphatic rings. The van der Waals surface area contributed by atoms with Gasteiger partial charge in [0.1, 0.15) is 5.83 Å². The van der Waals surface area contributed by atoms with Crippen LogP contribution in [0.25, 0.3) is 0 Å². The van der Waals surface area contributed by atoms with Crippen molar-refractivity contribution in [3.63, 3.8) is 0 Å². The van der Waals surface area contributed by atoms with Crippen LogP contribution in [0.4, 0.5) is 37.7 Å². The van der Waals surface area contributed by atoms with Crippen LogP contribution in [0.5, 0.6) is 0 Å². The van der Waals surface area contributed by atoms with Crippen molar-refractivity contribution in [3.05, 3.63) is 47.3 Å². The molecule has 3 rings (SSSR count). The molecule has 0 aliphatic heterocycles. The molecule has 1 atom stereocenters. The van der Waals surface area contributed by atoms with Gasteiger partial charge in [-0.3, -0.25) is 9.59 Å². The summed E-state index contributed by atoms with van der Waals surface area (Å²) in [6, 6.07) is 4.47. The highest BCUT2D eigenvalue weighted by molar-refractivity contribution is 5.96. The molecular weight excluding hydrogens is 438 g/mol. The first-order valence-electron chi connectivity index (χ1n) is 10.1. The number of amides is 2. The molecule has 0 heterocycles. The Morgan fingerprint density at radius 1 is 1.00 bits per heavy atom. The van der Waals surface area contributed by atoms with Crippen LogP contribution in [-0.4, -0.2) is 23.9 Å². The largest absolute Gasteiger partial charge is 0.458 e. The van der Waals surface area contributed by atoms with E-state index in [9.17, 15) is 35.9 Å². The molecule has 0 radical (unpaired) electrons. The highest BCUT2D eigenvalue weighted by Crippen LogP contribution is 2.47. The number of nitrogens with one attached hydrogen (secondary N) is 2. The van der Waals surface area contributed by atoms with Crippen molar-refractivity contribution in [3.8, 4) is 0 Å². The van der Waals surface area contributed by atoms with E-state index in [-0.39, 0.29) is 35.8 Å². The summed E-state index contributed by atoms with van der Waals surface area (Å²) in [5.41, 5.74) is -0.773. The molecule has 1 aromatic rings. The van der Waals surface area contributed by atoms with Crippen molar-refractivity contribution in [1.29, 1.82) is 0 Å². The number of allylic oxidation sites excluding steroid dienone is 4. The summed E-state index contributed by atoms with van der Waals surface area (Å²) < 4.78 is 79.4. The highest BCUT2D eigenvalue weighted by atomic mass is 19.4. The van der Waals surface area contributed by atoms with Crippen molar-refractivity contribution in [2.45, 2.75) is 51.1 Å². The molecule has 2 aliphatic carbocycles. The fourth-order valence-electron chi connectivity index (χ4n) is 3.23. The molecule has 0 aromatic heterocycles. The van der Waals surface area contributed by atoms with Crippen LogP contribution < -0.4 is 10.6 Å². The van der Waals surface area contributed by atoms with Gasteiger partial charge < -0.3 is 10.6 Å². The molecule has 174 valence electrons. The number of halogens is 6. The third-order valence-electron chi connectivity index (χ3n) is 5.27. The van der Waals surface area contributed by atoms with E-state index in [0.29, 0.717) is 23.4 Å². The van der Waals surface area contributed by atoms with Crippen LogP contribution in [0, 0.1) is 11.8 Å². The molecule has 1 fully saturated rings. The minimum atomic E-state index is -5.92. The van der Waals surface area contributed by atoms with Crippen molar-refractivity contribution in [2.75, 3.05) is 10.6 Å². The standard InChI is InChI=1S/C22H22F6N2O2/c1-11(2)19(31)29-15-7-14(8-16(10-15)30-20(32)12-3-4-12)13-5-6-17(18(23)9-13)21(24,25)22(26,27)28/h6-13H,3-5H2,1-2H3,(H,29,31)(H,30,32). The zero-order valence-corrected chi connectivity index (χ0v) is 17.3. The summed E-state index contributed by atoms with van der Waals surface area (Å²) in [6.07, 6.45) is -3.50. The maximum atomic E-state index is 14.3. The Labute approximate surface area is 180 Å². The Bertz CT molecular complexity index is 943. The highest BCUT2D eigenvalue weighted by Gasteiger charge is 2.61. The lowest BCUT2D eigenvalue weighted by Crippen LogP contribution is -2.39. The normalized spacial score (nSPS) is 19.3. The Hall–Kier alpha value is -2.78. The number of benzene rings is 1. The zero-order valence-electron chi connectivity index (χ0n) is 17.3. The summed E-state index contributed by atoms with van der Waals surface area (Å²) in [4.78, 5) is 24.2. The lowest BCUT2D eigenvalue weighted by molar-refractivity contribution is -0.264. The molecule has 0 spiro atoms. The van der Waals surface area contributed by atoms with E-state index < -0.39 is 29.4 Å². The van der Waals surface area contributed by atoms with E-state index in [4.69, 9.17) is 0 Å². The van der Waals surface area contributed by atoms with Gasteiger partial charge in [-0.1, -0.05) is 19.9 Å². The number of rotatable bonds is 6. The third-order valence-corrected chi connectivity index (χ3v) is 5.27. The van der Waals surface area contributed by atoms with Gasteiger partial charge in [0.15, 0.2) is 0 Å². The number of carbonyl (C=O) groups excluding carboxylic acids is 2. The summed E-state index contributed by atoms with van der Waals surface area (Å²) in [6.45, 7) is 3.34. The third kappa shape index (κ3) is 5.16. The smallest absolute Gasteiger partial charge is 0.326 e. The lowest BCUT2D eigenvalue weighted by Gasteiger charge is -2.26. The van der Waals surface area contributed by atoms with Gasteiger partial charge in [0.2, 0.25) is 11.8 Å². The predicted octanol–water partition coefficient (Wildman–Crippen LogP) is 6.09. The summed E-state index contributed by atoms with van der Waals surface area (Å²) in [7, 11) is 0. The molecule has 1 aromatic carbocycles. The minimum absolute atomic E-state index is 0.116. The van der Waals surface area contributed by atoms with Gasteiger partial charge in [0, 0.05) is 29.1 Å². The van der Waals surface area contributed by atoms with Gasteiger partial charge in [-0.05, 0) is 49.1 Å². The summed E-state index contributed by atoms with van der Waals surface area (Å²) in [5.74, 6) is -8.85. The zero-order chi connectivity index (χ0) is 23.8. The first-order valence-corrected chi connectivity index (χ1v) is 10.1. The van der Waals surface area contributed by atoms with Crippen LogP contribution in [0.15, 0.2) is 41.8 Å². The molecule has 32 heavy (non-hydrogen) atoms. The quantitative estimate of drug-likeness (QED) is 0.505. The number of hydrogen-bond donors (Lipinski definition) is 2. The molecule has 2 N–H and O–H groups in total. The first-order chi connectivity index (χ1) is 14.8. The molecule has 10 heteroatoms. The van der Waals surface area contributed by atoms with Gasteiger partial charge in [0.05, 0.1) is 5.57 Å². The Balaban J connectivity index is 1.90. The second-order valence-electron chi connectivity index (χ2n) is 8.30. The maximum absolute atomic E-state index is 14.3. The maximum Gasteiger partial charge on any atom is 0.458 e. The van der Waals surface area contributed by atoms with Crippen molar-refractivity contribution in [2.24, 2.45) is 11.8 Å². The second-order valence-corrected chi connectivity index (χ2v) is 8.30. The second kappa shape index (κ2) is 8.63. The molecule has 1 unspecified atom stereocenters. The van der Waals surface area contributed by atoms with Crippen LogP contribution in [0.2, 0.25) is 0 Å². The van der Waals surface area contributed by atoms with Gasteiger partial charge >= 0.3 is 12.1 Å². The van der Waals surface area contributed by atoms with E-state index in [2.05, 4.69) is 10.6 Å². The Morgan fingerprint density at radius 2 is 1.59 bits per heavy atom. The van der Waals surface area contributed by atoms with Gasteiger partial charge in [-0.15, -0.1) is 0 Å². The average Bonchev–Trinajstić information content (AvgIpc) is 3.51. The minimum Gasteiger partial charge on any atom is -0.326 e. The fourth-order valence-corrected chi connectivity index (χ4v) is 3.23. The van der Waals surface area contributed by atoms with E-state index in [1.165, 1.54) is 18.2 Å². The predicted molar refractivity (Wildman–Crippen MR) is 107 cm³/mol.